The van der Waals surface area contributed by atoms with E-state index >= 15 is 0 Å². The molecule has 1 heterocycles. The highest BCUT2D eigenvalue weighted by Crippen LogP contribution is 2.13. The van der Waals surface area contributed by atoms with E-state index in [4.69, 9.17) is 5.73 Å². The molecule has 2 aromatic rings. The second-order valence-electron chi connectivity index (χ2n) is 4.60. The Morgan fingerprint density at radius 2 is 2.00 bits per heavy atom. The highest BCUT2D eigenvalue weighted by atomic mass is 19.1. The van der Waals surface area contributed by atoms with Crippen LogP contribution in [0.1, 0.15) is 24.2 Å². The Balaban J connectivity index is 1.93. The Kier molecular flexibility index (Phi) is 4.30. The molecule has 0 aliphatic carbocycles. The summed E-state index contributed by atoms with van der Waals surface area (Å²) in [4.78, 5) is 16.0. The molecule has 0 fully saturated rings. The van der Waals surface area contributed by atoms with Gasteiger partial charge < -0.3 is 11.1 Å². The van der Waals surface area contributed by atoms with Gasteiger partial charge in [0.25, 0.3) is 0 Å². The molecule has 3 N–H and O–H groups in total. The van der Waals surface area contributed by atoms with Crippen LogP contribution in [-0.2, 0) is 11.2 Å². The molecule has 20 heavy (non-hydrogen) atoms. The van der Waals surface area contributed by atoms with Crippen molar-refractivity contribution in [2.75, 3.05) is 5.73 Å². The summed E-state index contributed by atoms with van der Waals surface area (Å²) in [6.07, 6.45) is 1.71. The largest absolute Gasteiger partial charge is 0.397 e. The van der Waals surface area contributed by atoms with E-state index in [0.29, 0.717) is 11.4 Å². The summed E-state index contributed by atoms with van der Waals surface area (Å²) >= 11 is 0. The third kappa shape index (κ3) is 3.78. The number of nitrogen functional groups attached to an aromatic ring is 1. The number of halogens is 1. The zero-order valence-electron chi connectivity index (χ0n) is 11.1. The summed E-state index contributed by atoms with van der Waals surface area (Å²) < 4.78 is 12.8. The average Bonchev–Trinajstić information content (AvgIpc) is 2.42. The van der Waals surface area contributed by atoms with Crippen LogP contribution in [0.15, 0.2) is 42.6 Å². The van der Waals surface area contributed by atoms with E-state index in [0.717, 1.165) is 5.56 Å². The number of nitrogens with two attached hydrogens (primary N) is 1. The van der Waals surface area contributed by atoms with Gasteiger partial charge >= 0.3 is 0 Å². The molecule has 1 amide bonds. The van der Waals surface area contributed by atoms with Crippen molar-refractivity contribution in [1.29, 1.82) is 0 Å². The highest BCUT2D eigenvalue weighted by Gasteiger charge is 2.10. The van der Waals surface area contributed by atoms with Crippen LogP contribution >= 0.6 is 0 Å². The Morgan fingerprint density at radius 1 is 1.30 bits per heavy atom. The van der Waals surface area contributed by atoms with Crippen molar-refractivity contribution < 1.29 is 9.18 Å². The molecule has 0 saturated heterocycles. The van der Waals surface area contributed by atoms with Gasteiger partial charge in [-0.05, 0) is 36.8 Å². The second-order valence-corrected chi connectivity index (χ2v) is 4.60. The van der Waals surface area contributed by atoms with Gasteiger partial charge in [-0.2, -0.15) is 0 Å². The summed E-state index contributed by atoms with van der Waals surface area (Å²) in [6, 6.07) is 9.30. The maximum absolute atomic E-state index is 12.8. The molecule has 1 unspecified atom stereocenters. The normalized spacial score (nSPS) is 11.9. The van der Waals surface area contributed by atoms with E-state index in [1.165, 1.54) is 18.3 Å². The first kappa shape index (κ1) is 14.0. The van der Waals surface area contributed by atoms with Gasteiger partial charge in [-0.3, -0.25) is 9.78 Å². The highest BCUT2D eigenvalue weighted by molar-refractivity contribution is 5.78. The van der Waals surface area contributed by atoms with E-state index < -0.39 is 0 Å². The van der Waals surface area contributed by atoms with Gasteiger partial charge in [-0.25, -0.2) is 4.39 Å². The fraction of sp³-hybridized carbons (Fsp3) is 0.200. The molecule has 1 aromatic carbocycles. The quantitative estimate of drug-likeness (QED) is 0.897. The Labute approximate surface area is 116 Å². The number of nitrogens with one attached hydrogen (secondary N) is 1. The van der Waals surface area contributed by atoms with Crippen molar-refractivity contribution in [2.24, 2.45) is 0 Å². The molecule has 0 radical (unpaired) electrons. The van der Waals surface area contributed by atoms with Crippen molar-refractivity contribution in [2.45, 2.75) is 19.4 Å². The van der Waals surface area contributed by atoms with Gasteiger partial charge in [0.15, 0.2) is 0 Å². The van der Waals surface area contributed by atoms with Crippen LogP contribution in [0.3, 0.4) is 0 Å². The summed E-state index contributed by atoms with van der Waals surface area (Å²) in [5, 5.41) is 2.85. The van der Waals surface area contributed by atoms with E-state index in [1.807, 2.05) is 6.92 Å². The standard InChI is InChI=1S/C15H16FN3O/c1-10(11-2-4-12(16)5-3-11)19-15(20)8-14-7-6-13(17)9-18-14/h2-7,9-10H,8,17H2,1H3,(H,19,20). The molecule has 0 bridgehead atoms. The van der Waals surface area contributed by atoms with Gasteiger partial charge in [-0.15, -0.1) is 0 Å². The SMILES string of the molecule is CC(NC(=O)Cc1ccc(N)cn1)c1ccc(F)cc1. The van der Waals surface area contributed by atoms with E-state index in [2.05, 4.69) is 10.3 Å². The summed E-state index contributed by atoms with van der Waals surface area (Å²) in [5.74, 6) is -0.433. The maximum Gasteiger partial charge on any atom is 0.226 e. The van der Waals surface area contributed by atoms with Crippen molar-refractivity contribution >= 4 is 11.6 Å². The number of amides is 1. The van der Waals surface area contributed by atoms with Crippen LogP contribution in [-0.4, -0.2) is 10.9 Å². The minimum atomic E-state index is -0.293. The third-order valence-corrected chi connectivity index (χ3v) is 2.94. The molecule has 0 aliphatic rings. The lowest BCUT2D eigenvalue weighted by atomic mass is 10.1. The molecule has 1 aromatic heterocycles. The number of hydrogen-bond acceptors (Lipinski definition) is 3. The second kappa shape index (κ2) is 6.14. The average molecular weight is 273 g/mol. The van der Waals surface area contributed by atoms with E-state index in [-0.39, 0.29) is 24.2 Å². The van der Waals surface area contributed by atoms with E-state index in [1.54, 1.807) is 24.3 Å². The zero-order chi connectivity index (χ0) is 14.5. The number of pyridine rings is 1. The van der Waals surface area contributed by atoms with Crippen LogP contribution in [0.5, 0.6) is 0 Å². The van der Waals surface area contributed by atoms with Gasteiger partial charge in [0.2, 0.25) is 5.91 Å². The topological polar surface area (TPSA) is 68.0 Å². The number of carbonyl (C=O) groups is 1. The van der Waals surface area contributed by atoms with Gasteiger partial charge in [0.05, 0.1) is 24.3 Å². The minimum absolute atomic E-state index is 0.140. The summed E-state index contributed by atoms with van der Waals surface area (Å²) in [7, 11) is 0. The first-order chi connectivity index (χ1) is 9.54. The van der Waals surface area contributed by atoms with Gasteiger partial charge in [0, 0.05) is 5.69 Å². The van der Waals surface area contributed by atoms with Gasteiger partial charge in [-0.1, -0.05) is 12.1 Å². The minimum Gasteiger partial charge on any atom is -0.397 e. The fourth-order valence-corrected chi connectivity index (χ4v) is 1.83. The fourth-order valence-electron chi connectivity index (χ4n) is 1.83. The number of carbonyl (C=O) groups excluding carboxylic acids is 1. The van der Waals surface area contributed by atoms with Crippen LogP contribution in [0.25, 0.3) is 0 Å². The predicted octanol–water partition coefficient (Wildman–Crippen LogP) is 2.22. The third-order valence-electron chi connectivity index (χ3n) is 2.94. The van der Waals surface area contributed by atoms with Crippen LogP contribution in [0.4, 0.5) is 10.1 Å². The molecule has 5 heteroatoms. The van der Waals surface area contributed by atoms with Gasteiger partial charge in [0.1, 0.15) is 5.82 Å². The molecule has 2 rings (SSSR count). The first-order valence-corrected chi connectivity index (χ1v) is 6.30. The zero-order valence-corrected chi connectivity index (χ0v) is 11.1. The molecule has 0 aliphatic heterocycles. The lowest BCUT2D eigenvalue weighted by Crippen LogP contribution is -2.28. The van der Waals surface area contributed by atoms with Crippen LogP contribution in [0.2, 0.25) is 0 Å². The smallest absolute Gasteiger partial charge is 0.226 e. The predicted molar refractivity (Wildman–Crippen MR) is 75.3 cm³/mol. The molecule has 0 spiro atoms. The molecule has 4 nitrogen and oxygen atoms in total. The number of hydrogen-bond donors (Lipinski definition) is 2. The van der Waals surface area contributed by atoms with Crippen LogP contribution in [0, 0.1) is 5.82 Å². The van der Waals surface area contributed by atoms with Crippen molar-refractivity contribution in [3.8, 4) is 0 Å². The number of aromatic nitrogens is 1. The maximum atomic E-state index is 12.8. The Morgan fingerprint density at radius 3 is 2.60 bits per heavy atom. The van der Waals surface area contributed by atoms with E-state index in [9.17, 15) is 9.18 Å². The monoisotopic (exact) mass is 273 g/mol. The Bertz CT molecular complexity index is 581. The number of rotatable bonds is 4. The molecular formula is C15H16FN3O. The number of nitrogens with zero attached hydrogens (tertiary/aromatic N) is 1. The molecular weight excluding hydrogens is 257 g/mol. The van der Waals surface area contributed by atoms with Crippen LogP contribution < -0.4 is 11.1 Å². The lowest BCUT2D eigenvalue weighted by Gasteiger charge is -2.14. The van der Waals surface area contributed by atoms with Crippen molar-refractivity contribution in [3.63, 3.8) is 0 Å². The Hall–Kier alpha value is -2.43. The molecule has 0 saturated carbocycles. The summed E-state index contributed by atoms with van der Waals surface area (Å²) in [5.41, 5.74) is 7.60. The summed E-state index contributed by atoms with van der Waals surface area (Å²) in [6.45, 7) is 1.85. The number of anilines is 1. The first-order valence-electron chi connectivity index (χ1n) is 6.30. The lowest BCUT2D eigenvalue weighted by molar-refractivity contribution is -0.121. The number of benzene rings is 1. The molecule has 104 valence electrons. The molecule has 1 atom stereocenters. The van der Waals surface area contributed by atoms with Crippen molar-refractivity contribution in [1.82, 2.24) is 10.3 Å². The van der Waals surface area contributed by atoms with Crippen molar-refractivity contribution in [3.05, 3.63) is 59.7 Å².